The number of hydrogen-bond acceptors (Lipinski definition) is 8. The van der Waals surface area contributed by atoms with Gasteiger partial charge in [0.2, 0.25) is 6.73 Å². The van der Waals surface area contributed by atoms with Crippen LogP contribution in [0.1, 0.15) is 99.0 Å². The summed E-state index contributed by atoms with van der Waals surface area (Å²) < 4.78 is 6.17. The molecule has 7 rings (SSSR count). The van der Waals surface area contributed by atoms with Crippen LogP contribution in [0.25, 0.3) is 0 Å². The number of nitrogens with one attached hydrogen (secondary N) is 2. The van der Waals surface area contributed by atoms with Gasteiger partial charge in [0.1, 0.15) is 24.2 Å². The molecule has 3 heterocycles. The van der Waals surface area contributed by atoms with Crippen LogP contribution < -0.4 is 20.7 Å². The molecular weight excluding hydrogens is 592 g/mol. The molecule has 7 N–H and O–H groups in total. The third kappa shape index (κ3) is 6.08. The minimum Gasteiger partial charge on any atom is -0.504 e. The van der Waals surface area contributed by atoms with Gasteiger partial charge in [-0.3, -0.25) is 20.0 Å². The van der Waals surface area contributed by atoms with Crippen LogP contribution in [0.5, 0.6) is 11.5 Å². The highest BCUT2D eigenvalue weighted by atomic mass is 16.5. The van der Waals surface area contributed by atoms with Gasteiger partial charge in [-0.15, -0.1) is 0 Å². The van der Waals surface area contributed by atoms with Crippen molar-refractivity contribution in [2.75, 3.05) is 19.8 Å². The Morgan fingerprint density at radius 3 is 2.96 bits per heavy atom. The van der Waals surface area contributed by atoms with Crippen LogP contribution in [0, 0.1) is 5.92 Å². The third-order valence-electron chi connectivity index (χ3n) is 11.3. The molecule has 2 aromatic carbocycles. The average Bonchev–Trinajstić information content (AvgIpc) is 3.77. The number of nitrogens with zero attached hydrogens (tertiary/aromatic N) is 1. The maximum absolute atomic E-state index is 12.5. The Hall–Kier alpha value is -3.34. The molecule has 1 unspecified atom stereocenters. The smallest absolute Gasteiger partial charge is 0.227 e. The topological polar surface area (TPSA) is 142 Å². The first-order valence-electron chi connectivity index (χ1n) is 17.6. The van der Waals surface area contributed by atoms with Gasteiger partial charge >= 0.3 is 0 Å². The van der Waals surface area contributed by atoms with Crippen LogP contribution in [0.15, 0.2) is 64.4 Å². The van der Waals surface area contributed by atoms with E-state index in [4.69, 9.17) is 15.5 Å². The monoisotopic (exact) mass is 641 g/mol. The number of quaternary nitrogens is 1. The van der Waals surface area contributed by atoms with Crippen molar-refractivity contribution in [3.05, 3.63) is 81.7 Å². The number of phenols is 1. The number of aliphatic imine (C=N–C) groups is 1. The molecule has 2 aliphatic carbocycles. The van der Waals surface area contributed by atoms with E-state index in [1.807, 2.05) is 6.92 Å². The van der Waals surface area contributed by atoms with Gasteiger partial charge in [-0.25, -0.2) is 0 Å². The zero-order chi connectivity index (χ0) is 32.7. The van der Waals surface area contributed by atoms with Crippen molar-refractivity contribution in [3.8, 4) is 11.5 Å². The second-order valence-corrected chi connectivity index (χ2v) is 14.4. The standard InChI is InChI=1S/C38H48N4O5/c1-2-5-26(43)16-28(45)17-27(44)11-9-23-10-12-34(46)35(14-23)47-22-42-20-30-32(19-40-33(30)21-42)38-13-4-6-25(38)15-24-18-41-37(39)29-7-3-8-31(38)36(24)29/h3,7-8,10,12,14,19,21,24-26,28,37,41,43,45-46H,2,4-6,9,11,13,15-18,20,22,39H2,1H3/p+1/t24-,25+,26+,28-,37-,38-/m1/s1. The number of allylic oxidation sites excluding steroid dienone is 1. The number of hydrogen-bond donors (Lipinski definition) is 6. The fourth-order valence-electron chi connectivity index (χ4n) is 9.16. The van der Waals surface area contributed by atoms with Crippen LogP contribution in [0.3, 0.4) is 0 Å². The van der Waals surface area contributed by atoms with Crippen LogP contribution in [0.2, 0.25) is 0 Å². The van der Waals surface area contributed by atoms with Crippen molar-refractivity contribution in [2.24, 2.45) is 16.6 Å². The summed E-state index contributed by atoms with van der Waals surface area (Å²) in [5.41, 5.74) is 15.3. The number of Topliss-reactive ketones (excluding diaryl/α,β-unsaturated/α-hetero) is 1. The molecular formula is C38H49N4O5+. The molecule has 0 aromatic heterocycles. The number of rotatable bonds is 13. The van der Waals surface area contributed by atoms with Gasteiger partial charge < -0.3 is 25.8 Å². The van der Waals surface area contributed by atoms with Crippen LogP contribution >= 0.6 is 0 Å². The third-order valence-corrected chi connectivity index (χ3v) is 11.3. The molecule has 7 atom stereocenters. The van der Waals surface area contributed by atoms with Gasteiger partial charge in [-0.05, 0) is 90.3 Å². The Morgan fingerprint density at radius 2 is 2.11 bits per heavy atom. The molecule has 250 valence electrons. The van der Waals surface area contributed by atoms with E-state index in [1.165, 1.54) is 47.1 Å². The lowest BCUT2D eigenvalue weighted by Crippen LogP contribution is -3.07. The second kappa shape index (κ2) is 13.3. The van der Waals surface area contributed by atoms with E-state index >= 15 is 0 Å². The molecule has 0 saturated heterocycles. The van der Waals surface area contributed by atoms with Crippen LogP contribution in [-0.2, 0) is 16.6 Å². The maximum Gasteiger partial charge on any atom is 0.227 e. The average molecular weight is 642 g/mol. The zero-order valence-electron chi connectivity index (χ0n) is 27.4. The van der Waals surface area contributed by atoms with Crippen molar-refractivity contribution >= 4 is 12.0 Å². The Morgan fingerprint density at radius 1 is 1.23 bits per heavy atom. The molecule has 0 radical (unpaired) electrons. The molecule has 0 bridgehead atoms. The molecule has 9 nitrogen and oxygen atoms in total. The number of aliphatic hydroxyl groups excluding tert-OH is 2. The number of carbonyl (C=O) groups is 1. The van der Waals surface area contributed by atoms with Gasteiger partial charge in [-0.1, -0.05) is 44.0 Å². The number of ether oxygens (including phenoxy) is 1. The SMILES string of the molecule is CCC[C@H](O)C[C@@H](O)CC(=O)CCc1ccc(O)c(OC[NH+]2C=C3N=CC([C@]45CCC[C@H]4C[C@@H]4CN[C@@H](N)c6cccc5c64)=C3C2)c1. The largest absolute Gasteiger partial charge is 0.504 e. The molecule has 9 heteroatoms. The van der Waals surface area contributed by atoms with Crippen molar-refractivity contribution in [1.29, 1.82) is 0 Å². The quantitative estimate of drug-likeness (QED) is 0.197. The van der Waals surface area contributed by atoms with Gasteiger partial charge in [0.15, 0.2) is 11.5 Å². The Bertz CT molecular complexity index is 1620. The molecule has 2 aromatic rings. The summed E-state index contributed by atoms with van der Waals surface area (Å²) in [4.78, 5) is 18.6. The van der Waals surface area contributed by atoms with E-state index in [0.717, 1.165) is 42.1 Å². The maximum atomic E-state index is 12.5. The highest BCUT2D eigenvalue weighted by molar-refractivity contribution is 5.91. The van der Waals surface area contributed by atoms with Crippen LogP contribution in [-0.4, -0.2) is 59.3 Å². The number of fused-ring (bicyclic) bond motifs is 3. The van der Waals surface area contributed by atoms with Gasteiger partial charge in [-0.2, -0.15) is 0 Å². The minimum absolute atomic E-state index is 0.0287. The highest BCUT2D eigenvalue weighted by Gasteiger charge is 2.55. The second-order valence-electron chi connectivity index (χ2n) is 14.4. The first-order valence-corrected chi connectivity index (χ1v) is 17.6. The van der Waals surface area contributed by atoms with Gasteiger partial charge in [0, 0.05) is 36.6 Å². The van der Waals surface area contributed by atoms with E-state index in [9.17, 15) is 20.1 Å². The van der Waals surface area contributed by atoms with E-state index in [0.29, 0.717) is 37.2 Å². The van der Waals surface area contributed by atoms with E-state index in [2.05, 4.69) is 35.9 Å². The summed E-state index contributed by atoms with van der Waals surface area (Å²) in [5, 5.41) is 34.2. The first-order chi connectivity index (χ1) is 22.8. The number of carbonyl (C=O) groups excluding carboxylic acids is 1. The number of aryl methyl sites for hydroxylation is 1. The van der Waals surface area contributed by atoms with Crippen molar-refractivity contribution in [1.82, 2.24) is 5.32 Å². The molecule has 3 aliphatic heterocycles. The van der Waals surface area contributed by atoms with Crippen molar-refractivity contribution in [3.63, 3.8) is 0 Å². The predicted octanol–water partition coefficient (Wildman–Crippen LogP) is 3.44. The van der Waals surface area contributed by atoms with E-state index < -0.39 is 12.2 Å². The lowest BCUT2D eigenvalue weighted by molar-refractivity contribution is -0.855. The predicted molar refractivity (Wildman–Crippen MR) is 180 cm³/mol. The molecule has 5 aliphatic rings. The fourth-order valence-corrected chi connectivity index (χ4v) is 9.16. The lowest BCUT2D eigenvalue weighted by Gasteiger charge is -2.48. The summed E-state index contributed by atoms with van der Waals surface area (Å²) in [6.07, 6.45) is 9.99. The Kier molecular flexibility index (Phi) is 9.11. The summed E-state index contributed by atoms with van der Waals surface area (Å²) in [7, 11) is 0. The minimum atomic E-state index is -0.831. The zero-order valence-corrected chi connectivity index (χ0v) is 27.4. The molecule has 0 amide bonds. The van der Waals surface area contributed by atoms with E-state index in [-0.39, 0.29) is 42.4 Å². The fraction of sp³-hybridized carbons (Fsp3) is 0.526. The van der Waals surface area contributed by atoms with Gasteiger partial charge in [0.25, 0.3) is 0 Å². The number of nitrogens with two attached hydrogens (primary N) is 1. The normalized spacial score (nSPS) is 28.5. The summed E-state index contributed by atoms with van der Waals surface area (Å²) in [5.74, 6) is 1.51. The van der Waals surface area contributed by atoms with Gasteiger partial charge in [0.05, 0.1) is 18.4 Å². The number of phenolic OH excluding ortho intramolecular Hbond substituents is 1. The summed E-state index contributed by atoms with van der Waals surface area (Å²) in [6.45, 7) is 4.05. The van der Waals surface area contributed by atoms with Crippen molar-refractivity contribution < 1.29 is 29.8 Å². The van der Waals surface area contributed by atoms with Crippen LogP contribution in [0.4, 0.5) is 0 Å². The summed E-state index contributed by atoms with van der Waals surface area (Å²) in [6, 6.07) is 12.0. The number of aromatic hydroxyl groups is 1. The first kappa shape index (κ1) is 32.2. The van der Waals surface area contributed by atoms with Crippen molar-refractivity contribution in [2.45, 2.75) is 101 Å². The molecule has 1 fully saturated rings. The number of ketones is 1. The number of aliphatic hydroxyl groups is 2. The van der Waals surface area contributed by atoms with E-state index in [1.54, 1.807) is 18.2 Å². The highest BCUT2D eigenvalue weighted by Crippen LogP contribution is 2.60. The molecule has 47 heavy (non-hydrogen) atoms. The Balaban J connectivity index is 1.02. The Labute approximate surface area is 277 Å². The molecule has 1 saturated carbocycles. The summed E-state index contributed by atoms with van der Waals surface area (Å²) >= 11 is 0. The molecule has 0 spiro atoms. The lowest BCUT2D eigenvalue weighted by atomic mass is 9.57. The number of benzene rings is 2.